The molecule has 0 spiro atoms. The first kappa shape index (κ1) is 17.2. The molecule has 25 heavy (non-hydrogen) atoms. The van der Waals surface area contributed by atoms with Crippen LogP contribution in [0.25, 0.3) is 22.0 Å². The van der Waals surface area contributed by atoms with E-state index in [9.17, 15) is 4.79 Å². The van der Waals surface area contributed by atoms with Crippen LogP contribution in [-0.4, -0.2) is 23.7 Å². The van der Waals surface area contributed by atoms with Gasteiger partial charge in [0, 0.05) is 31.1 Å². The zero-order chi connectivity index (χ0) is 17.8. The number of primary amides is 1. The zero-order valence-electron chi connectivity index (χ0n) is 14.8. The van der Waals surface area contributed by atoms with Crippen LogP contribution in [0.4, 0.5) is 0 Å². The van der Waals surface area contributed by atoms with Crippen molar-refractivity contribution in [2.45, 2.75) is 26.8 Å². The Kier molecular flexibility index (Phi) is 5.19. The van der Waals surface area contributed by atoms with Crippen LogP contribution in [0, 0.1) is 6.92 Å². The molecule has 3 rings (SSSR count). The van der Waals surface area contributed by atoms with E-state index in [2.05, 4.69) is 34.9 Å². The van der Waals surface area contributed by atoms with Gasteiger partial charge < -0.3 is 15.0 Å². The summed E-state index contributed by atoms with van der Waals surface area (Å²) in [6, 6.07) is 16.5. The van der Waals surface area contributed by atoms with E-state index in [1.165, 1.54) is 10.8 Å². The molecule has 0 saturated heterocycles. The molecular weight excluding hydrogens is 312 g/mol. The first-order valence-electron chi connectivity index (χ1n) is 8.68. The van der Waals surface area contributed by atoms with Crippen LogP contribution >= 0.6 is 0 Å². The largest absolute Gasteiger partial charge is 0.382 e. The number of carbonyl (C=O) groups is 1. The molecule has 1 aromatic heterocycles. The van der Waals surface area contributed by atoms with Gasteiger partial charge in [0.15, 0.2) is 0 Å². The fourth-order valence-corrected chi connectivity index (χ4v) is 3.24. The highest BCUT2D eigenvalue weighted by Crippen LogP contribution is 2.29. The lowest BCUT2D eigenvalue weighted by atomic mass is 10.0. The summed E-state index contributed by atoms with van der Waals surface area (Å²) < 4.78 is 7.62. The van der Waals surface area contributed by atoms with Gasteiger partial charge in [-0.3, -0.25) is 4.79 Å². The summed E-state index contributed by atoms with van der Waals surface area (Å²) in [6.07, 6.45) is 0.891. The van der Waals surface area contributed by atoms with Gasteiger partial charge in [-0.2, -0.15) is 0 Å². The molecule has 3 aromatic rings. The molecule has 0 aliphatic heterocycles. The fraction of sp³-hybridized carbons (Fsp3) is 0.286. The Balaban J connectivity index is 2.02. The number of benzene rings is 2. The average molecular weight is 336 g/mol. The first-order chi connectivity index (χ1) is 12.1. The van der Waals surface area contributed by atoms with Crippen molar-refractivity contribution in [2.24, 2.45) is 5.73 Å². The maximum atomic E-state index is 11.8. The number of rotatable bonds is 7. The molecule has 0 atom stereocenters. The molecule has 1 amide bonds. The number of hydrogen-bond acceptors (Lipinski definition) is 2. The summed E-state index contributed by atoms with van der Waals surface area (Å²) in [6.45, 7) is 6.16. The first-order valence-corrected chi connectivity index (χ1v) is 8.68. The average Bonchev–Trinajstić information content (AvgIpc) is 2.95. The highest BCUT2D eigenvalue weighted by Gasteiger charge is 2.16. The Morgan fingerprint density at radius 2 is 1.88 bits per heavy atom. The van der Waals surface area contributed by atoms with Crippen molar-refractivity contribution in [3.63, 3.8) is 0 Å². The van der Waals surface area contributed by atoms with Crippen molar-refractivity contribution >= 4 is 16.7 Å². The van der Waals surface area contributed by atoms with Gasteiger partial charge >= 0.3 is 0 Å². The van der Waals surface area contributed by atoms with Crippen molar-refractivity contribution in [3.05, 3.63) is 59.8 Å². The predicted molar refractivity (Wildman–Crippen MR) is 102 cm³/mol. The Morgan fingerprint density at radius 3 is 2.60 bits per heavy atom. The smallest absolute Gasteiger partial charge is 0.250 e. The molecule has 0 bridgehead atoms. The summed E-state index contributed by atoms with van der Waals surface area (Å²) in [5.74, 6) is -0.386. The van der Waals surface area contributed by atoms with E-state index < -0.39 is 0 Å². The molecular formula is C21H24N2O2. The van der Waals surface area contributed by atoms with Crippen LogP contribution in [0.15, 0.2) is 48.5 Å². The Bertz CT molecular complexity index is 896. The van der Waals surface area contributed by atoms with E-state index in [1.807, 2.05) is 32.0 Å². The highest BCUT2D eigenvalue weighted by atomic mass is 16.5. The van der Waals surface area contributed by atoms with Gasteiger partial charge in [0.05, 0.1) is 5.56 Å². The molecule has 1 heterocycles. The van der Waals surface area contributed by atoms with Crippen molar-refractivity contribution in [3.8, 4) is 11.3 Å². The number of aromatic nitrogens is 1. The van der Waals surface area contributed by atoms with Crippen LogP contribution in [0.5, 0.6) is 0 Å². The number of nitrogens with zero attached hydrogens (tertiary/aromatic N) is 1. The second kappa shape index (κ2) is 7.53. The molecule has 4 heteroatoms. The summed E-state index contributed by atoms with van der Waals surface area (Å²) in [5.41, 5.74) is 9.17. The normalized spacial score (nSPS) is 11.1. The second-order valence-electron chi connectivity index (χ2n) is 6.16. The van der Waals surface area contributed by atoms with Crippen LogP contribution in [-0.2, 0) is 11.3 Å². The van der Waals surface area contributed by atoms with Crippen LogP contribution in [0.3, 0.4) is 0 Å². The number of ether oxygens (including phenoxy) is 1. The summed E-state index contributed by atoms with van der Waals surface area (Å²) in [5, 5.41) is 2.38. The lowest BCUT2D eigenvalue weighted by molar-refractivity contribution is 0.0999. The van der Waals surface area contributed by atoms with Gasteiger partial charge in [-0.1, -0.05) is 36.4 Å². The standard InChI is InChI=1S/C21H24N2O2/c1-3-25-12-6-11-23-15(2)19(21(22)24)14-20(23)18-10-9-16-7-4-5-8-17(16)13-18/h4-5,7-10,13-14H,3,6,11-12H2,1-2H3,(H2,22,24). The lowest BCUT2D eigenvalue weighted by Gasteiger charge is -2.13. The number of hydrogen-bond donors (Lipinski definition) is 1. The van der Waals surface area contributed by atoms with Crippen LogP contribution in [0.1, 0.15) is 29.4 Å². The summed E-state index contributed by atoms with van der Waals surface area (Å²) in [4.78, 5) is 11.8. The molecule has 0 aliphatic carbocycles. The van der Waals surface area contributed by atoms with E-state index in [0.717, 1.165) is 29.9 Å². The molecule has 0 fully saturated rings. The van der Waals surface area contributed by atoms with E-state index in [1.54, 1.807) is 0 Å². The van der Waals surface area contributed by atoms with Gasteiger partial charge in [0.25, 0.3) is 5.91 Å². The topological polar surface area (TPSA) is 57.2 Å². The van der Waals surface area contributed by atoms with Crippen LogP contribution < -0.4 is 5.73 Å². The maximum Gasteiger partial charge on any atom is 0.250 e. The SMILES string of the molecule is CCOCCCn1c(-c2ccc3ccccc3c2)cc(C(N)=O)c1C. The van der Waals surface area contributed by atoms with Crippen molar-refractivity contribution in [1.82, 2.24) is 4.57 Å². The van der Waals surface area contributed by atoms with E-state index in [-0.39, 0.29) is 5.91 Å². The highest BCUT2D eigenvalue weighted by molar-refractivity contribution is 5.96. The van der Waals surface area contributed by atoms with Gasteiger partial charge in [-0.15, -0.1) is 0 Å². The number of amides is 1. The number of nitrogens with two attached hydrogens (primary N) is 1. The lowest BCUT2D eigenvalue weighted by Crippen LogP contribution is -2.13. The molecule has 0 saturated carbocycles. The van der Waals surface area contributed by atoms with Crippen LogP contribution in [0.2, 0.25) is 0 Å². The van der Waals surface area contributed by atoms with E-state index >= 15 is 0 Å². The quantitative estimate of drug-likeness (QED) is 0.659. The predicted octanol–water partition coefficient (Wildman–Crippen LogP) is 4.14. The third kappa shape index (κ3) is 3.59. The molecule has 130 valence electrons. The minimum atomic E-state index is -0.386. The van der Waals surface area contributed by atoms with E-state index in [0.29, 0.717) is 18.8 Å². The molecule has 2 aromatic carbocycles. The number of fused-ring (bicyclic) bond motifs is 1. The maximum absolute atomic E-state index is 11.8. The second-order valence-corrected chi connectivity index (χ2v) is 6.16. The monoisotopic (exact) mass is 336 g/mol. The van der Waals surface area contributed by atoms with Gasteiger partial charge in [-0.25, -0.2) is 0 Å². The molecule has 0 unspecified atom stereocenters. The minimum Gasteiger partial charge on any atom is -0.382 e. The number of carbonyl (C=O) groups excluding carboxylic acids is 1. The Morgan fingerprint density at radius 1 is 1.12 bits per heavy atom. The van der Waals surface area contributed by atoms with Crippen molar-refractivity contribution in [1.29, 1.82) is 0 Å². The third-order valence-corrected chi connectivity index (χ3v) is 4.55. The van der Waals surface area contributed by atoms with Gasteiger partial charge in [-0.05, 0) is 48.7 Å². The molecule has 4 nitrogen and oxygen atoms in total. The third-order valence-electron chi connectivity index (χ3n) is 4.55. The van der Waals surface area contributed by atoms with Gasteiger partial charge in [0.2, 0.25) is 0 Å². The zero-order valence-corrected chi connectivity index (χ0v) is 14.8. The molecule has 0 radical (unpaired) electrons. The molecule has 0 aliphatic rings. The Hall–Kier alpha value is -2.59. The fourth-order valence-electron chi connectivity index (χ4n) is 3.24. The minimum absolute atomic E-state index is 0.386. The summed E-state index contributed by atoms with van der Waals surface area (Å²) >= 11 is 0. The van der Waals surface area contributed by atoms with Crippen molar-refractivity contribution in [2.75, 3.05) is 13.2 Å². The summed E-state index contributed by atoms with van der Waals surface area (Å²) in [7, 11) is 0. The molecule has 2 N–H and O–H groups in total. The van der Waals surface area contributed by atoms with Gasteiger partial charge in [0.1, 0.15) is 0 Å². The Labute approximate surface area is 148 Å². The van der Waals surface area contributed by atoms with Crippen molar-refractivity contribution < 1.29 is 9.53 Å². The van der Waals surface area contributed by atoms with E-state index in [4.69, 9.17) is 10.5 Å².